The van der Waals surface area contributed by atoms with Crippen LogP contribution in [-0.4, -0.2) is 30.5 Å². The van der Waals surface area contributed by atoms with Crippen molar-refractivity contribution in [1.82, 2.24) is 10.3 Å². The lowest BCUT2D eigenvalue weighted by molar-refractivity contribution is -0.130. The Morgan fingerprint density at radius 2 is 1.71 bits per heavy atom. The maximum atomic E-state index is 13.0. The Bertz CT molecular complexity index is 995. The number of nitrogens with zero attached hydrogens (tertiary/aromatic N) is 1. The van der Waals surface area contributed by atoms with Gasteiger partial charge in [-0.15, -0.1) is 0 Å². The third-order valence-electron chi connectivity index (χ3n) is 9.48. The van der Waals surface area contributed by atoms with E-state index in [9.17, 15) is 4.79 Å². The lowest BCUT2D eigenvalue weighted by atomic mass is 9.45. The number of rotatable bonds is 12. The third kappa shape index (κ3) is 5.07. The summed E-state index contributed by atoms with van der Waals surface area (Å²) in [5, 5.41) is 8.16. The number of anilines is 1. The van der Waals surface area contributed by atoms with Crippen LogP contribution in [0.3, 0.4) is 0 Å². The van der Waals surface area contributed by atoms with Gasteiger partial charge in [0, 0.05) is 11.9 Å². The molecular weight excluding hydrogens is 432 g/mol. The summed E-state index contributed by atoms with van der Waals surface area (Å²) in [5.41, 5.74) is 8.28. The van der Waals surface area contributed by atoms with Crippen LogP contribution in [0.25, 0.3) is 10.9 Å². The van der Waals surface area contributed by atoms with Crippen LogP contribution in [0, 0.1) is 29.1 Å². The van der Waals surface area contributed by atoms with Gasteiger partial charge in [0.15, 0.2) is 0 Å². The van der Waals surface area contributed by atoms with Crippen molar-refractivity contribution in [1.29, 1.82) is 0 Å². The fraction of sp³-hybridized carbons (Fsp3) is 0.667. The molecule has 190 valence electrons. The second-order valence-corrected chi connectivity index (χ2v) is 11.9. The predicted molar refractivity (Wildman–Crippen MR) is 144 cm³/mol. The van der Waals surface area contributed by atoms with Crippen molar-refractivity contribution in [2.75, 3.05) is 25.0 Å². The second kappa shape index (κ2) is 10.5. The van der Waals surface area contributed by atoms with Gasteiger partial charge < -0.3 is 16.4 Å². The first-order valence-electron chi connectivity index (χ1n) is 14.1. The maximum Gasteiger partial charge on any atom is 0.225 e. The summed E-state index contributed by atoms with van der Waals surface area (Å²) in [6.45, 7) is 7.55. The molecule has 5 nitrogen and oxygen atoms in total. The molecule has 4 N–H and O–H groups in total. The molecule has 4 bridgehead atoms. The maximum absolute atomic E-state index is 13.0. The van der Waals surface area contributed by atoms with E-state index < -0.39 is 0 Å². The van der Waals surface area contributed by atoms with Crippen molar-refractivity contribution in [3.63, 3.8) is 0 Å². The van der Waals surface area contributed by atoms with E-state index >= 15 is 0 Å². The van der Waals surface area contributed by atoms with E-state index in [0.717, 1.165) is 72.0 Å². The van der Waals surface area contributed by atoms with Gasteiger partial charge in [-0.2, -0.15) is 0 Å². The van der Waals surface area contributed by atoms with Gasteiger partial charge in [-0.25, -0.2) is 4.98 Å². The van der Waals surface area contributed by atoms with Gasteiger partial charge in [0.1, 0.15) is 5.82 Å². The summed E-state index contributed by atoms with van der Waals surface area (Å²) in [6, 6.07) is 10.5. The highest BCUT2D eigenvalue weighted by Crippen LogP contribution is 2.64. The second-order valence-electron chi connectivity index (χ2n) is 11.9. The molecule has 2 aromatic rings. The van der Waals surface area contributed by atoms with Crippen molar-refractivity contribution in [2.45, 2.75) is 77.6 Å². The third-order valence-corrected chi connectivity index (χ3v) is 9.48. The highest BCUT2D eigenvalue weighted by molar-refractivity contribution is 5.92. The van der Waals surface area contributed by atoms with Crippen LogP contribution in [0.15, 0.2) is 30.3 Å². The van der Waals surface area contributed by atoms with E-state index in [1.807, 2.05) is 0 Å². The fourth-order valence-corrected chi connectivity index (χ4v) is 8.16. The standard InChI is InChI=1S/C30H44N4O/c1-3-20(4-2)19-32-11-6-12-33-27-10-9-24-25(7-5-8-26(24)34-27)28(29(31)35)30-16-21-13-22(17-30)15-23(14-21)18-30/h5,7-10,20-23,28,32H,3-4,6,11-19H2,1-2H3,(H2,31,35)(H,33,34). The molecule has 1 amide bonds. The molecule has 4 saturated carbocycles. The van der Waals surface area contributed by atoms with Crippen LogP contribution in [0.2, 0.25) is 0 Å². The lowest BCUT2D eigenvalue weighted by Crippen LogP contribution is -2.51. The summed E-state index contributed by atoms with van der Waals surface area (Å²) in [6.07, 6.45) is 11.1. The van der Waals surface area contributed by atoms with Gasteiger partial charge in [-0.05, 0) is 111 Å². The van der Waals surface area contributed by atoms with E-state index in [1.165, 1.54) is 51.4 Å². The molecule has 1 heterocycles. The number of aromatic nitrogens is 1. The highest BCUT2D eigenvalue weighted by Gasteiger charge is 2.56. The first-order valence-corrected chi connectivity index (χ1v) is 14.1. The Hall–Kier alpha value is -2.14. The number of hydrogen-bond acceptors (Lipinski definition) is 4. The Morgan fingerprint density at radius 1 is 1.03 bits per heavy atom. The zero-order valence-corrected chi connectivity index (χ0v) is 21.7. The molecule has 1 unspecified atom stereocenters. The summed E-state index contributed by atoms with van der Waals surface area (Å²) in [4.78, 5) is 17.9. The smallest absolute Gasteiger partial charge is 0.225 e. The topological polar surface area (TPSA) is 80.0 Å². The van der Waals surface area contributed by atoms with Crippen molar-refractivity contribution in [3.05, 3.63) is 35.9 Å². The van der Waals surface area contributed by atoms with Gasteiger partial charge in [0.25, 0.3) is 0 Å². The van der Waals surface area contributed by atoms with E-state index in [1.54, 1.807) is 0 Å². The minimum Gasteiger partial charge on any atom is -0.370 e. The number of amides is 1. The Labute approximate surface area is 211 Å². The molecule has 5 heteroatoms. The van der Waals surface area contributed by atoms with Gasteiger partial charge in [0.05, 0.1) is 11.4 Å². The highest BCUT2D eigenvalue weighted by atomic mass is 16.1. The van der Waals surface area contributed by atoms with Crippen molar-refractivity contribution < 1.29 is 4.79 Å². The molecule has 4 fully saturated rings. The minimum absolute atomic E-state index is 0.0490. The van der Waals surface area contributed by atoms with Crippen molar-refractivity contribution >= 4 is 22.6 Å². The van der Waals surface area contributed by atoms with Crippen molar-refractivity contribution in [2.24, 2.45) is 34.8 Å². The van der Waals surface area contributed by atoms with Gasteiger partial charge >= 0.3 is 0 Å². The number of nitrogens with two attached hydrogens (primary N) is 1. The Kier molecular flexibility index (Phi) is 7.34. The van der Waals surface area contributed by atoms with E-state index in [2.05, 4.69) is 54.8 Å². The average molecular weight is 477 g/mol. The number of nitrogens with one attached hydrogen (secondary N) is 2. The van der Waals surface area contributed by atoms with Gasteiger partial charge in [-0.1, -0.05) is 38.8 Å². The number of benzene rings is 1. The first kappa shape index (κ1) is 24.5. The van der Waals surface area contributed by atoms with Crippen LogP contribution in [0.5, 0.6) is 0 Å². The minimum atomic E-state index is -0.207. The predicted octanol–water partition coefficient (Wildman–Crippen LogP) is 5.85. The molecule has 4 aliphatic rings. The van der Waals surface area contributed by atoms with E-state index in [0.29, 0.717) is 0 Å². The molecule has 35 heavy (non-hydrogen) atoms. The van der Waals surface area contributed by atoms with E-state index in [-0.39, 0.29) is 17.2 Å². The summed E-state index contributed by atoms with van der Waals surface area (Å²) in [7, 11) is 0. The van der Waals surface area contributed by atoms with Crippen LogP contribution in [-0.2, 0) is 4.79 Å². The number of primary amides is 1. The van der Waals surface area contributed by atoms with Gasteiger partial charge in [0.2, 0.25) is 5.91 Å². The summed E-state index contributed by atoms with van der Waals surface area (Å²) in [5.74, 6) is 3.69. The number of hydrogen-bond donors (Lipinski definition) is 3. The van der Waals surface area contributed by atoms with Crippen LogP contribution < -0.4 is 16.4 Å². The van der Waals surface area contributed by atoms with E-state index in [4.69, 9.17) is 10.7 Å². The number of carbonyl (C=O) groups excluding carboxylic acids is 1. The molecule has 1 aromatic carbocycles. The molecule has 0 spiro atoms. The zero-order valence-electron chi connectivity index (χ0n) is 21.7. The molecule has 1 aromatic heterocycles. The first-order chi connectivity index (χ1) is 17.0. The monoisotopic (exact) mass is 476 g/mol. The summed E-state index contributed by atoms with van der Waals surface area (Å²) < 4.78 is 0. The molecule has 1 atom stereocenters. The van der Waals surface area contributed by atoms with Crippen LogP contribution in [0.1, 0.15) is 83.1 Å². The zero-order chi connectivity index (χ0) is 24.4. The van der Waals surface area contributed by atoms with Crippen LogP contribution in [0.4, 0.5) is 5.82 Å². The largest absolute Gasteiger partial charge is 0.370 e. The molecule has 4 aliphatic carbocycles. The van der Waals surface area contributed by atoms with Crippen molar-refractivity contribution in [3.8, 4) is 0 Å². The lowest BCUT2D eigenvalue weighted by Gasteiger charge is -2.59. The number of carbonyl (C=O) groups is 1. The molecule has 6 rings (SSSR count). The SMILES string of the molecule is CCC(CC)CNCCCNc1ccc2c(C(C(N)=O)C34CC5CC(CC(C5)C3)C4)cccc2n1. The number of pyridine rings is 1. The molecule has 0 saturated heterocycles. The summed E-state index contributed by atoms with van der Waals surface area (Å²) >= 11 is 0. The molecule has 0 aliphatic heterocycles. The fourth-order valence-electron chi connectivity index (χ4n) is 8.16. The van der Waals surface area contributed by atoms with Gasteiger partial charge in [-0.3, -0.25) is 4.79 Å². The quantitative estimate of drug-likeness (QED) is 0.336. The normalized spacial score (nSPS) is 28.0. The Morgan fingerprint density at radius 3 is 2.34 bits per heavy atom. The molecular formula is C30H44N4O. The van der Waals surface area contributed by atoms with Crippen LogP contribution >= 0.6 is 0 Å². The average Bonchev–Trinajstić information content (AvgIpc) is 2.82. The molecule has 0 radical (unpaired) electrons. The number of fused-ring (bicyclic) bond motifs is 1. The Balaban J connectivity index is 1.28.